The second-order valence-electron chi connectivity index (χ2n) is 32.9. The molecule has 2 heterocycles. The van der Waals surface area contributed by atoms with Gasteiger partial charge in [-0.2, -0.15) is 33.7 Å². The van der Waals surface area contributed by atoms with E-state index in [1.54, 1.807) is 0 Å². The predicted octanol–water partition coefficient (Wildman–Crippen LogP) is 19.4. The van der Waals surface area contributed by atoms with Crippen LogP contribution in [0.15, 0.2) is 177 Å². The lowest BCUT2D eigenvalue weighted by atomic mass is 9.80. The molecule has 0 aromatic heterocycles. The summed E-state index contributed by atoms with van der Waals surface area (Å²) in [6, 6.07) is 35.2. The lowest BCUT2D eigenvalue weighted by Gasteiger charge is -2.34. The third kappa shape index (κ3) is 15.7. The van der Waals surface area contributed by atoms with Crippen LogP contribution in [0.25, 0.3) is 43.1 Å². The fourth-order valence-corrected chi connectivity index (χ4v) is 16.1. The average Bonchev–Trinajstić information content (AvgIpc) is 0.669. The molecule has 0 spiro atoms. The SMILES string of the molecule is CC(C)(C)CCc1cccc(CCC(C)(C)C)c1N1C(=O)c2cc(Oc3ccc(S(=O)(=O)O)cc3)c3c4c(Oc5ccc(S(=O)(=O)O)cc5)cc5c6c(cc(Oc7ccc(S(=O)(=O)O)cc7)c(c7c(Oc8ccc(S(=O)(=O)O)cc8)cc(c2c37)C1=O)c64)C(=O)N(c1c(CCC(C)(C)C)cccc1CCC(C)(C)C)C5=O. The van der Waals surface area contributed by atoms with Gasteiger partial charge < -0.3 is 18.9 Å². The second kappa shape index (κ2) is 28.0. The van der Waals surface area contributed by atoms with Gasteiger partial charge in [0.1, 0.15) is 46.0 Å². The van der Waals surface area contributed by atoms with E-state index in [4.69, 9.17) is 18.9 Å². The van der Waals surface area contributed by atoms with Crippen LogP contribution >= 0.6 is 0 Å². The Hall–Kier alpha value is -10.2. The lowest BCUT2D eigenvalue weighted by molar-refractivity contribution is 0.0877. The van der Waals surface area contributed by atoms with Gasteiger partial charge >= 0.3 is 0 Å². The first-order valence-corrected chi connectivity index (χ1v) is 41.3. The molecule has 4 N–H and O–H groups in total. The molecule has 2 aliphatic rings. The highest BCUT2D eigenvalue weighted by atomic mass is 32.2. The van der Waals surface area contributed by atoms with Gasteiger partial charge in [-0.25, -0.2) is 9.80 Å². The molecule has 0 unspecified atom stereocenters. The molecular formula is C84H82N2O20S4. The molecule has 0 atom stereocenters. The van der Waals surface area contributed by atoms with Gasteiger partial charge in [0.25, 0.3) is 64.1 Å². The maximum Gasteiger partial charge on any atom is 0.294 e. The molecule has 0 saturated heterocycles. The molecule has 0 saturated carbocycles. The van der Waals surface area contributed by atoms with Gasteiger partial charge in [-0.15, -0.1) is 0 Å². The number of carbonyl (C=O) groups excluding carboxylic acids is 4. The maximum absolute atomic E-state index is 16.7. The molecule has 22 nitrogen and oxygen atoms in total. The molecule has 110 heavy (non-hydrogen) atoms. The number of anilines is 2. The number of hydrogen-bond acceptors (Lipinski definition) is 16. The number of amides is 4. The Labute approximate surface area is 638 Å². The van der Waals surface area contributed by atoms with Crippen molar-refractivity contribution in [3.8, 4) is 46.0 Å². The van der Waals surface area contributed by atoms with Gasteiger partial charge in [-0.3, -0.25) is 37.4 Å². The molecule has 0 aliphatic carbocycles. The number of rotatable bonds is 22. The van der Waals surface area contributed by atoms with E-state index in [2.05, 4.69) is 83.1 Å². The summed E-state index contributed by atoms with van der Waals surface area (Å²) >= 11 is 0. The molecule has 13 rings (SSSR count). The third-order valence-corrected chi connectivity index (χ3v) is 23.2. The van der Waals surface area contributed by atoms with Crippen LogP contribution in [0.5, 0.6) is 46.0 Å². The number of carbonyl (C=O) groups is 4. The smallest absolute Gasteiger partial charge is 0.294 e. The minimum atomic E-state index is -4.82. The largest absolute Gasteiger partial charge is 0.457 e. The zero-order valence-electron chi connectivity index (χ0n) is 62.5. The highest BCUT2D eigenvalue weighted by molar-refractivity contribution is 7.86. The molecule has 0 radical (unpaired) electrons. The Bertz CT molecular complexity index is 5400. The Morgan fingerprint density at radius 2 is 0.473 bits per heavy atom. The van der Waals surface area contributed by atoms with Crippen LogP contribution < -0.4 is 28.7 Å². The van der Waals surface area contributed by atoms with E-state index < -0.39 is 83.7 Å². The molecule has 0 bridgehead atoms. The summed E-state index contributed by atoms with van der Waals surface area (Å²) in [5.41, 5.74) is 1.70. The summed E-state index contributed by atoms with van der Waals surface area (Å²) in [6.07, 6.45) is 4.04. The average molecular weight is 1570 g/mol. The third-order valence-electron chi connectivity index (χ3n) is 19.7. The van der Waals surface area contributed by atoms with Crippen LogP contribution in [0.1, 0.15) is 172 Å². The van der Waals surface area contributed by atoms with E-state index in [9.17, 15) is 51.9 Å². The molecule has 11 aromatic carbocycles. The van der Waals surface area contributed by atoms with Gasteiger partial charge in [0.2, 0.25) is 0 Å². The highest BCUT2D eigenvalue weighted by Gasteiger charge is 2.44. The van der Waals surface area contributed by atoms with Crippen molar-refractivity contribution in [2.45, 2.75) is 154 Å². The van der Waals surface area contributed by atoms with E-state index in [1.165, 1.54) is 72.8 Å². The summed E-state index contributed by atoms with van der Waals surface area (Å²) in [5, 5.41) is -0.368. The van der Waals surface area contributed by atoms with Crippen molar-refractivity contribution >= 4 is 119 Å². The number of para-hydroxylation sites is 2. The van der Waals surface area contributed by atoms with E-state index in [-0.39, 0.29) is 133 Å². The summed E-state index contributed by atoms with van der Waals surface area (Å²) in [5.74, 6) is -4.75. The predicted molar refractivity (Wildman–Crippen MR) is 419 cm³/mol. The number of hydrogen-bond donors (Lipinski definition) is 4. The van der Waals surface area contributed by atoms with Crippen molar-refractivity contribution in [3.63, 3.8) is 0 Å². The summed E-state index contributed by atoms with van der Waals surface area (Å²) in [6.45, 7) is 24.8. The first kappa shape index (κ1) is 78.0. The van der Waals surface area contributed by atoms with Crippen LogP contribution in [0.3, 0.4) is 0 Å². The molecule has 0 fully saturated rings. The Morgan fingerprint density at radius 1 is 0.282 bits per heavy atom. The topological polar surface area (TPSA) is 329 Å². The highest BCUT2D eigenvalue weighted by Crippen LogP contribution is 2.59. The van der Waals surface area contributed by atoms with Crippen molar-refractivity contribution < 1.29 is 90.0 Å². The zero-order valence-corrected chi connectivity index (χ0v) is 65.8. The molecule has 572 valence electrons. The number of ether oxygens (including phenoxy) is 4. The fourth-order valence-electron chi connectivity index (χ4n) is 14.2. The Morgan fingerprint density at radius 3 is 0.645 bits per heavy atom. The molecular weight excluding hydrogens is 1490 g/mol. The summed E-state index contributed by atoms with van der Waals surface area (Å²) < 4.78 is 171. The van der Waals surface area contributed by atoms with Crippen LogP contribution in [0, 0.1) is 21.7 Å². The summed E-state index contributed by atoms with van der Waals surface area (Å²) in [4.78, 5) is 67.1. The number of imide groups is 2. The number of benzene rings is 11. The van der Waals surface area contributed by atoms with Crippen LogP contribution in [-0.2, 0) is 66.2 Å². The quantitative estimate of drug-likeness (QED) is 0.0212. The minimum absolute atomic E-state index is 0.0354. The zero-order chi connectivity index (χ0) is 79.7. The van der Waals surface area contributed by atoms with Gasteiger partial charge in [-0.05, 0) is 217 Å². The van der Waals surface area contributed by atoms with Crippen molar-refractivity contribution in [2.75, 3.05) is 9.80 Å². The van der Waals surface area contributed by atoms with Gasteiger partial charge in [0.15, 0.2) is 0 Å². The van der Waals surface area contributed by atoms with Gasteiger partial charge in [0.05, 0.1) is 53.2 Å². The number of aryl methyl sites for hydroxylation is 4. The van der Waals surface area contributed by atoms with Gasteiger partial charge in [0, 0.05) is 43.1 Å². The summed E-state index contributed by atoms with van der Waals surface area (Å²) in [7, 11) is -19.3. The van der Waals surface area contributed by atoms with Crippen molar-refractivity contribution in [1.82, 2.24) is 0 Å². The fraction of sp³-hybridized carbons (Fsp3) is 0.286. The van der Waals surface area contributed by atoms with Crippen LogP contribution in [-0.4, -0.2) is 75.5 Å². The van der Waals surface area contributed by atoms with E-state index in [0.29, 0.717) is 85.0 Å². The number of nitrogens with zero attached hydrogens (tertiary/aromatic N) is 2. The van der Waals surface area contributed by atoms with Crippen molar-refractivity contribution in [3.05, 3.63) is 202 Å². The molecule has 26 heteroatoms. The van der Waals surface area contributed by atoms with E-state index >= 15 is 19.2 Å². The van der Waals surface area contributed by atoms with Crippen molar-refractivity contribution in [1.29, 1.82) is 0 Å². The second-order valence-corrected chi connectivity index (χ2v) is 38.6. The first-order chi connectivity index (χ1) is 51.2. The molecule has 2 aliphatic heterocycles. The molecule has 4 amide bonds. The van der Waals surface area contributed by atoms with E-state index in [0.717, 1.165) is 58.3 Å². The normalized spacial score (nSPS) is 14.1. The van der Waals surface area contributed by atoms with Crippen LogP contribution in [0.4, 0.5) is 11.4 Å². The number of fused-ring (bicyclic) bond motifs is 2. The van der Waals surface area contributed by atoms with Gasteiger partial charge in [-0.1, -0.05) is 119 Å². The Kier molecular flexibility index (Phi) is 19.8. The Balaban J connectivity index is 1.24. The minimum Gasteiger partial charge on any atom is -0.457 e. The maximum atomic E-state index is 16.7. The molecule has 11 aromatic rings. The van der Waals surface area contributed by atoms with Crippen molar-refractivity contribution in [2.24, 2.45) is 21.7 Å². The first-order valence-electron chi connectivity index (χ1n) is 35.6. The monoisotopic (exact) mass is 1570 g/mol. The lowest BCUT2D eigenvalue weighted by Crippen LogP contribution is -2.42. The van der Waals surface area contributed by atoms with E-state index in [1.807, 2.05) is 36.4 Å². The van der Waals surface area contributed by atoms with Crippen LogP contribution in [0.2, 0.25) is 0 Å². The standard InChI is InChI=1S/C84H82N2O20S4/c1-81(2,3)39-35-47-15-13-16-48(36-40-82(4,5)6)75(47)85-77(87)59-43-63(103-51-19-27-55(28-20-51)107(91,92)93)69-71-65(105-53-23-31-57(32-24-53)109(97,98)99)45-61-68-62(80(90)86(79(61)89)76-49(37-41-83(7,8)9)17-14-18-50(76)38-42-84(10,11)12)46-66(106-54-25-33-58(34-26-54)110(100,101)102)72(74(68)71)70-64(44-60(78(85)88)67(59)73(69)70)104-52-21-29-56(30-22-52)108(94,95)96/h13-34,43-46H,35-42H2,1-12H3,(H,91,92,93)(H,94,95,96)(H,97,98,99)(H,100,101,102).